The zero-order valence-electron chi connectivity index (χ0n) is 14.6. The highest BCUT2D eigenvalue weighted by Crippen LogP contribution is 2.30. The summed E-state index contributed by atoms with van der Waals surface area (Å²) in [5, 5.41) is 0. The SMILES string of the molecule is C=CCN=Cc1ccccc1-c1ccccc1/C(C)=C/C/C=C\C. The van der Waals surface area contributed by atoms with Crippen LogP contribution in [0.4, 0.5) is 0 Å². The summed E-state index contributed by atoms with van der Waals surface area (Å²) in [6.45, 7) is 8.58. The molecule has 0 unspecified atom stereocenters. The van der Waals surface area contributed by atoms with Gasteiger partial charge in [0.05, 0.1) is 6.54 Å². The fraction of sp³-hybridized carbons (Fsp3) is 0.174. The number of benzene rings is 2. The van der Waals surface area contributed by atoms with Crippen LogP contribution < -0.4 is 0 Å². The van der Waals surface area contributed by atoms with Gasteiger partial charge in [0.1, 0.15) is 0 Å². The Morgan fingerprint density at radius 3 is 2.50 bits per heavy atom. The Hall–Kier alpha value is -2.67. The molecule has 0 aromatic heterocycles. The Bertz CT molecular complexity index is 763. The smallest absolute Gasteiger partial charge is 0.0567 e. The average Bonchev–Trinajstić information content (AvgIpc) is 2.62. The standard InChI is InChI=1S/C23H25N/c1-4-6-7-12-19(3)21-14-10-11-16-23(21)22-15-9-8-13-20(22)18-24-17-5-2/h4-6,8-16,18H,2,7,17H2,1,3H3/b6-4-,19-12+,24-18?. The molecule has 2 aromatic carbocycles. The van der Waals surface area contributed by atoms with Crippen molar-refractivity contribution in [2.45, 2.75) is 20.3 Å². The molecule has 0 aliphatic carbocycles. The highest BCUT2D eigenvalue weighted by atomic mass is 14.7. The summed E-state index contributed by atoms with van der Waals surface area (Å²) in [6, 6.07) is 17.0. The van der Waals surface area contributed by atoms with Gasteiger partial charge in [-0.1, -0.05) is 72.8 Å². The van der Waals surface area contributed by atoms with Crippen LogP contribution in [0.15, 0.2) is 84.4 Å². The zero-order valence-corrected chi connectivity index (χ0v) is 14.6. The van der Waals surface area contributed by atoms with Crippen LogP contribution in [-0.4, -0.2) is 12.8 Å². The molecule has 0 spiro atoms. The normalized spacial score (nSPS) is 12.2. The topological polar surface area (TPSA) is 12.4 Å². The predicted molar refractivity (Wildman–Crippen MR) is 108 cm³/mol. The van der Waals surface area contributed by atoms with E-state index in [4.69, 9.17) is 0 Å². The molecule has 0 atom stereocenters. The second-order valence-electron chi connectivity index (χ2n) is 5.61. The zero-order chi connectivity index (χ0) is 17.2. The lowest BCUT2D eigenvalue weighted by Crippen LogP contribution is -1.93. The van der Waals surface area contributed by atoms with E-state index >= 15 is 0 Å². The van der Waals surface area contributed by atoms with Crippen molar-refractivity contribution in [2.75, 3.05) is 6.54 Å². The van der Waals surface area contributed by atoms with Crippen molar-refractivity contribution in [2.24, 2.45) is 4.99 Å². The highest BCUT2D eigenvalue weighted by Gasteiger charge is 2.08. The maximum atomic E-state index is 4.41. The highest BCUT2D eigenvalue weighted by molar-refractivity contribution is 5.93. The van der Waals surface area contributed by atoms with Gasteiger partial charge in [0.2, 0.25) is 0 Å². The largest absolute Gasteiger partial charge is 0.288 e. The van der Waals surface area contributed by atoms with Crippen molar-refractivity contribution in [3.8, 4) is 11.1 Å². The van der Waals surface area contributed by atoms with Crippen LogP contribution in [-0.2, 0) is 0 Å². The molecule has 0 amide bonds. The molecule has 0 aliphatic rings. The first kappa shape index (κ1) is 17.7. The third-order valence-electron chi connectivity index (χ3n) is 3.86. The molecule has 0 radical (unpaired) electrons. The molecule has 24 heavy (non-hydrogen) atoms. The number of allylic oxidation sites excluding steroid dienone is 4. The van der Waals surface area contributed by atoms with E-state index in [0.29, 0.717) is 6.54 Å². The van der Waals surface area contributed by atoms with Gasteiger partial charge in [-0.2, -0.15) is 0 Å². The Morgan fingerprint density at radius 2 is 1.75 bits per heavy atom. The van der Waals surface area contributed by atoms with Crippen molar-refractivity contribution in [3.05, 3.63) is 90.5 Å². The lowest BCUT2D eigenvalue weighted by Gasteiger charge is -2.12. The molecule has 2 aromatic rings. The predicted octanol–water partition coefficient (Wildman–Crippen LogP) is 6.33. The monoisotopic (exact) mass is 315 g/mol. The van der Waals surface area contributed by atoms with Gasteiger partial charge in [-0.25, -0.2) is 0 Å². The van der Waals surface area contributed by atoms with E-state index in [9.17, 15) is 0 Å². The number of rotatable bonds is 7. The molecular formula is C23H25N. The van der Waals surface area contributed by atoms with E-state index in [0.717, 1.165) is 12.0 Å². The van der Waals surface area contributed by atoms with Crippen LogP contribution in [0.3, 0.4) is 0 Å². The summed E-state index contributed by atoms with van der Waals surface area (Å²) in [7, 11) is 0. The van der Waals surface area contributed by atoms with Gasteiger partial charge in [-0.15, -0.1) is 6.58 Å². The maximum Gasteiger partial charge on any atom is 0.0567 e. The number of hydrogen-bond acceptors (Lipinski definition) is 1. The Kier molecular flexibility index (Phi) is 6.97. The van der Waals surface area contributed by atoms with Crippen molar-refractivity contribution in [1.29, 1.82) is 0 Å². The van der Waals surface area contributed by atoms with Gasteiger partial charge in [0.15, 0.2) is 0 Å². The first-order valence-electron chi connectivity index (χ1n) is 8.35. The van der Waals surface area contributed by atoms with Crippen LogP contribution in [0.1, 0.15) is 31.4 Å². The van der Waals surface area contributed by atoms with E-state index in [-0.39, 0.29) is 0 Å². The molecule has 1 heteroatoms. The van der Waals surface area contributed by atoms with Crippen molar-refractivity contribution in [3.63, 3.8) is 0 Å². The minimum atomic E-state index is 0.637. The molecule has 0 heterocycles. The van der Waals surface area contributed by atoms with Crippen molar-refractivity contribution in [1.82, 2.24) is 0 Å². The van der Waals surface area contributed by atoms with Crippen LogP contribution in [0.5, 0.6) is 0 Å². The lowest BCUT2D eigenvalue weighted by atomic mass is 9.92. The number of nitrogens with zero attached hydrogens (tertiary/aromatic N) is 1. The molecule has 0 fully saturated rings. The van der Waals surface area contributed by atoms with Crippen LogP contribution in [0, 0.1) is 0 Å². The van der Waals surface area contributed by atoms with Gasteiger partial charge in [0, 0.05) is 11.8 Å². The first-order chi connectivity index (χ1) is 11.8. The molecule has 0 saturated carbocycles. The van der Waals surface area contributed by atoms with Crippen LogP contribution in [0.2, 0.25) is 0 Å². The van der Waals surface area contributed by atoms with Crippen molar-refractivity contribution >= 4 is 11.8 Å². The van der Waals surface area contributed by atoms with E-state index in [2.05, 4.69) is 92.2 Å². The third kappa shape index (κ3) is 4.66. The minimum absolute atomic E-state index is 0.637. The van der Waals surface area contributed by atoms with E-state index in [1.54, 1.807) is 6.08 Å². The fourth-order valence-corrected chi connectivity index (χ4v) is 2.63. The minimum Gasteiger partial charge on any atom is -0.288 e. The first-order valence-corrected chi connectivity index (χ1v) is 8.35. The molecule has 0 aliphatic heterocycles. The summed E-state index contributed by atoms with van der Waals surface area (Å²) >= 11 is 0. The summed E-state index contributed by atoms with van der Waals surface area (Å²) in [4.78, 5) is 4.41. The van der Waals surface area contributed by atoms with Gasteiger partial charge < -0.3 is 0 Å². The van der Waals surface area contributed by atoms with Gasteiger partial charge in [0.25, 0.3) is 0 Å². The Labute approximate surface area is 145 Å². The Balaban J connectivity index is 2.47. The fourth-order valence-electron chi connectivity index (χ4n) is 2.63. The third-order valence-corrected chi connectivity index (χ3v) is 3.86. The number of aliphatic imine (C=N–C) groups is 1. The van der Waals surface area contributed by atoms with E-state index < -0.39 is 0 Å². The molecule has 0 N–H and O–H groups in total. The van der Waals surface area contributed by atoms with Crippen molar-refractivity contribution < 1.29 is 0 Å². The van der Waals surface area contributed by atoms with Gasteiger partial charge in [-0.3, -0.25) is 4.99 Å². The molecule has 122 valence electrons. The van der Waals surface area contributed by atoms with Gasteiger partial charge >= 0.3 is 0 Å². The average molecular weight is 315 g/mol. The van der Waals surface area contributed by atoms with Crippen LogP contribution >= 0.6 is 0 Å². The molecule has 1 nitrogen and oxygen atoms in total. The van der Waals surface area contributed by atoms with Gasteiger partial charge in [-0.05, 0) is 42.5 Å². The summed E-state index contributed by atoms with van der Waals surface area (Å²) in [5.74, 6) is 0. The second-order valence-corrected chi connectivity index (χ2v) is 5.61. The molecular weight excluding hydrogens is 290 g/mol. The summed E-state index contributed by atoms with van der Waals surface area (Å²) < 4.78 is 0. The van der Waals surface area contributed by atoms with E-state index in [1.165, 1.54) is 22.3 Å². The Morgan fingerprint density at radius 1 is 1.04 bits per heavy atom. The summed E-state index contributed by atoms with van der Waals surface area (Å²) in [6.07, 6.45) is 11.2. The van der Waals surface area contributed by atoms with Crippen LogP contribution in [0.25, 0.3) is 16.7 Å². The summed E-state index contributed by atoms with van der Waals surface area (Å²) in [5.41, 5.74) is 6.15. The molecule has 0 bridgehead atoms. The quantitative estimate of drug-likeness (QED) is 0.418. The molecule has 2 rings (SSSR count). The lowest BCUT2D eigenvalue weighted by molar-refractivity contribution is 1.26. The molecule has 0 saturated heterocycles. The maximum absolute atomic E-state index is 4.41. The second kappa shape index (κ2) is 9.46. The van der Waals surface area contributed by atoms with E-state index in [1.807, 2.05) is 6.21 Å². The number of hydrogen-bond donors (Lipinski definition) is 0.